The maximum absolute atomic E-state index is 12.9. The quantitative estimate of drug-likeness (QED) is 0.939. The highest BCUT2D eigenvalue weighted by atomic mass is 32.2. The minimum absolute atomic E-state index is 0.119. The van der Waals surface area contributed by atoms with Gasteiger partial charge in [-0.25, -0.2) is 8.42 Å². The fourth-order valence-electron chi connectivity index (χ4n) is 2.16. The molecule has 2 rings (SSSR count). The lowest BCUT2D eigenvalue weighted by molar-refractivity contribution is -0.136. The molecule has 2 aromatic rings. The number of alkyl halides is 3. The lowest BCUT2D eigenvalue weighted by Crippen LogP contribution is -2.18. The Hall–Kier alpha value is -2.03. The number of halogens is 3. The van der Waals surface area contributed by atoms with Gasteiger partial charge in [0.05, 0.1) is 22.6 Å². The Kier molecular flexibility index (Phi) is 3.94. The maximum Gasteiger partial charge on any atom is 0.418 e. The number of sulfonamides is 1. The van der Waals surface area contributed by atoms with Crippen LogP contribution in [0.25, 0.3) is 0 Å². The Morgan fingerprint density at radius 2 is 1.77 bits per heavy atom. The summed E-state index contributed by atoms with van der Waals surface area (Å²) in [5, 5.41) is 3.96. The fraction of sp³-hybridized carbons (Fsp3) is 0.308. The predicted octanol–water partition coefficient (Wildman–Crippen LogP) is 2.86. The number of nitrogens with one attached hydrogen (secondary N) is 1. The third kappa shape index (κ3) is 2.94. The van der Waals surface area contributed by atoms with Crippen LogP contribution in [0.4, 0.5) is 18.9 Å². The van der Waals surface area contributed by atoms with Crippen molar-refractivity contribution in [2.24, 2.45) is 7.05 Å². The van der Waals surface area contributed by atoms with E-state index in [0.29, 0.717) is 5.69 Å². The number of nitrogens with zero attached hydrogens (tertiary/aromatic N) is 2. The largest absolute Gasteiger partial charge is 0.418 e. The first-order valence-corrected chi connectivity index (χ1v) is 7.71. The van der Waals surface area contributed by atoms with Crippen LogP contribution in [0.1, 0.15) is 17.0 Å². The van der Waals surface area contributed by atoms with Gasteiger partial charge in [0, 0.05) is 7.05 Å². The third-order valence-electron chi connectivity index (χ3n) is 3.19. The van der Waals surface area contributed by atoms with Crippen molar-refractivity contribution in [2.45, 2.75) is 24.9 Å². The Morgan fingerprint density at radius 1 is 1.18 bits per heavy atom. The Balaban J connectivity index is 2.51. The van der Waals surface area contributed by atoms with E-state index < -0.39 is 27.5 Å². The van der Waals surface area contributed by atoms with Crippen molar-refractivity contribution in [1.82, 2.24) is 9.78 Å². The van der Waals surface area contributed by atoms with Crippen LogP contribution < -0.4 is 4.72 Å². The van der Waals surface area contributed by atoms with Gasteiger partial charge >= 0.3 is 6.18 Å². The van der Waals surface area contributed by atoms with Crippen molar-refractivity contribution in [1.29, 1.82) is 0 Å². The van der Waals surface area contributed by atoms with E-state index in [2.05, 4.69) is 5.10 Å². The average Bonchev–Trinajstić information content (AvgIpc) is 2.62. The summed E-state index contributed by atoms with van der Waals surface area (Å²) < 4.78 is 67.0. The SMILES string of the molecule is Cc1nn(C)c(C)c1S(=O)(=O)Nc1ccccc1C(F)(F)F. The minimum Gasteiger partial charge on any atom is -0.279 e. The zero-order valence-corrected chi connectivity index (χ0v) is 12.9. The van der Waals surface area contributed by atoms with Crippen LogP contribution in [0.2, 0.25) is 0 Å². The van der Waals surface area contributed by atoms with Crippen molar-refractivity contribution in [3.05, 3.63) is 41.2 Å². The first-order valence-electron chi connectivity index (χ1n) is 6.23. The molecular weight excluding hydrogens is 319 g/mol. The summed E-state index contributed by atoms with van der Waals surface area (Å²) in [7, 11) is -2.61. The first kappa shape index (κ1) is 16.3. The van der Waals surface area contributed by atoms with Gasteiger partial charge < -0.3 is 0 Å². The molecule has 1 aromatic carbocycles. The van der Waals surface area contributed by atoms with E-state index in [-0.39, 0.29) is 10.6 Å². The summed E-state index contributed by atoms with van der Waals surface area (Å²) in [4.78, 5) is -0.119. The van der Waals surface area contributed by atoms with Gasteiger partial charge in [-0.1, -0.05) is 12.1 Å². The van der Waals surface area contributed by atoms with Crippen LogP contribution in [0, 0.1) is 13.8 Å². The van der Waals surface area contributed by atoms with Crippen LogP contribution >= 0.6 is 0 Å². The summed E-state index contributed by atoms with van der Waals surface area (Å²) in [5.41, 5.74) is -0.998. The second kappa shape index (κ2) is 5.31. The molecule has 0 aliphatic rings. The van der Waals surface area contributed by atoms with E-state index >= 15 is 0 Å². The van der Waals surface area contributed by atoms with E-state index in [1.54, 1.807) is 7.05 Å². The molecule has 0 fully saturated rings. The molecule has 0 spiro atoms. The molecule has 0 aliphatic carbocycles. The van der Waals surface area contributed by atoms with E-state index in [1.165, 1.54) is 30.7 Å². The number of aryl methyl sites for hydroxylation is 2. The zero-order chi connectivity index (χ0) is 16.7. The minimum atomic E-state index is -4.65. The van der Waals surface area contributed by atoms with Gasteiger partial charge in [-0.3, -0.25) is 9.40 Å². The highest BCUT2D eigenvalue weighted by Crippen LogP contribution is 2.35. The summed E-state index contributed by atoms with van der Waals surface area (Å²) in [6.45, 7) is 3.02. The highest BCUT2D eigenvalue weighted by Gasteiger charge is 2.35. The molecular formula is C13H14F3N3O2S. The smallest absolute Gasteiger partial charge is 0.279 e. The van der Waals surface area contributed by atoms with E-state index in [4.69, 9.17) is 0 Å². The van der Waals surface area contributed by atoms with Crippen molar-refractivity contribution in [3.63, 3.8) is 0 Å². The molecule has 1 heterocycles. The molecule has 5 nitrogen and oxygen atoms in total. The number of anilines is 1. The maximum atomic E-state index is 12.9. The van der Waals surface area contributed by atoms with Gasteiger partial charge in [0.2, 0.25) is 0 Å². The molecule has 120 valence electrons. The molecule has 22 heavy (non-hydrogen) atoms. The van der Waals surface area contributed by atoms with E-state index in [1.807, 2.05) is 4.72 Å². The molecule has 0 unspecified atom stereocenters. The Bertz CT molecular complexity index is 810. The highest BCUT2D eigenvalue weighted by molar-refractivity contribution is 7.92. The van der Waals surface area contributed by atoms with Gasteiger partial charge in [0.25, 0.3) is 10.0 Å². The summed E-state index contributed by atoms with van der Waals surface area (Å²) in [6.07, 6.45) is -4.65. The standard InChI is InChI=1S/C13H14F3N3O2S/c1-8-12(9(2)19(3)17-8)22(20,21)18-11-7-5-4-6-10(11)13(14,15)16/h4-7,18H,1-3H3. The number of rotatable bonds is 3. The van der Waals surface area contributed by atoms with Crippen molar-refractivity contribution in [2.75, 3.05) is 4.72 Å². The molecule has 0 bridgehead atoms. The molecule has 0 aliphatic heterocycles. The van der Waals surface area contributed by atoms with Crippen molar-refractivity contribution in [3.8, 4) is 0 Å². The van der Waals surface area contributed by atoms with Crippen LogP contribution in [0.15, 0.2) is 29.2 Å². The van der Waals surface area contributed by atoms with E-state index in [0.717, 1.165) is 12.1 Å². The predicted molar refractivity (Wildman–Crippen MR) is 74.9 cm³/mol. The molecule has 0 atom stereocenters. The summed E-state index contributed by atoms with van der Waals surface area (Å²) in [5.74, 6) is 0. The lowest BCUT2D eigenvalue weighted by atomic mass is 10.2. The second-order valence-electron chi connectivity index (χ2n) is 4.77. The molecule has 1 N–H and O–H groups in total. The molecule has 0 saturated heterocycles. The van der Waals surface area contributed by atoms with Crippen LogP contribution in [-0.2, 0) is 23.2 Å². The fourth-order valence-corrected chi connectivity index (χ4v) is 3.68. The van der Waals surface area contributed by atoms with Crippen LogP contribution in [0.5, 0.6) is 0 Å². The van der Waals surface area contributed by atoms with Crippen LogP contribution in [-0.4, -0.2) is 18.2 Å². The number of para-hydroxylation sites is 1. The third-order valence-corrected chi connectivity index (χ3v) is 4.81. The number of benzene rings is 1. The van der Waals surface area contributed by atoms with Gasteiger partial charge in [-0.05, 0) is 26.0 Å². The number of hydrogen-bond donors (Lipinski definition) is 1. The molecule has 1 aromatic heterocycles. The van der Waals surface area contributed by atoms with Crippen molar-refractivity contribution >= 4 is 15.7 Å². The lowest BCUT2D eigenvalue weighted by Gasteiger charge is -2.14. The topological polar surface area (TPSA) is 64.0 Å². The monoisotopic (exact) mass is 333 g/mol. The number of aromatic nitrogens is 2. The average molecular weight is 333 g/mol. The van der Waals surface area contributed by atoms with Gasteiger partial charge in [0.15, 0.2) is 0 Å². The normalized spacial score (nSPS) is 12.5. The molecule has 0 amide bonds. The van der Waals surface area contributed by atoms with Gasteiger partial charge in [-0.2, -0.15) is 18.3 Å². The molecule has 0 radical (unpaired) electrons. The van der Waals surface area contributed by atoms with Gasteiger partial charge in [-0.15, -0.1) is 0 Å². The zero-order valence-electron chi connectivity index (χ0n) is 12.1. The second-order valence-corrected chi connectivity index (χ2v) is 6.39. The van der Waals surface area contributed by atoms with Gasteiger partial charge in [0.1, 0.15) is 4.90 Å². The summed E-state index contributed by atoms with van der Waals surface area (Å²) >= 11 is 0. The first-order chi connectivity index (χ1) is 10.0. The number of hydrogen-bond acceptors (Lipinski definition) is 3. The Morgan fingerprint density at radius 3 is 2.27 bits per heavy atom. The molecule has 0 saturated carbocycles. The van der Waals surface area contributed by atoms with Crippen LogP contribution in [0.3, 0.4) is 0 Å². The Labute approximate surface area is 125 Å². The van der Waals surface area contributed by atoms with E-state index in [9.17, 15) is 21.6 Å². The summed E-state index contributed by atoms with van der Waals surface area (Å²) in [6, 6.07) is 4.42. The molecule has 9 heteroatoms. The van der Waals surface area contributed by atoms with Crippen molar-refractivity contribution < 1.29 is 21.6 Å².